The molecule has 2 aromatic carbocycles. The van der Waals surface area contributed by atoms with Crippen LogP contribution in [0.3, 0.4) is 0 Å². The first-order chi connectivity index (χ1) is 15.0. The van der Waals surface area contributed by atoms with Crippen LogP contribution in [0.1, 0.15) is 16.7 Å². The van der Waals surface area contributed by atoms with E-state index in [9.17, 15) is 13.2 Å². The molecule has 2 aromatic rings. The van der Waals surface area contributed by atoms with Gasteiger partial charge in [0.1, 0.15) is 23.1 Å². The van der Waals surface area contributed by atoms with Crippen molar-refractivity contribution < 1.29 is 32.1 Å². The van der Waals surface area contributed by atoms with Crippen LogP contribution in [0.2, 0.25) is 0 Å². The van der Waals surface area contributed by atoms with Gasteiger partial charge in [0, 0.05) is 31.3 Å². The summed E-state index contributed by atoms with van der Waals surface area (Å²) in [6.07, 6.45) is 0.486. The molecule has 0 amide bonds. The Kier molecular flexibility index (Phi) is 10.2. The van der Waals surface area contributed by atoms with Crippen LogP contribution < -0.4 is 24.8 Å². The van der Waals surface area contributed by atoms with Crippen LogP contribution >= 0.6 is 24.0 Å². The van der Waals surface area contributed by atoms with Crippen molar-refractivity contribution in [3.8, 4) is 17.2 Å². The molecule has 1 aliphatic rings. The predicted molar refractivity (Wildman–Crippen MR) is 124 cm³/mol. The summed E-state index contributed by atoms with van der Waals surface area (Å²) in [4.78, 5) is 4.12. The Bertz CT molecular complexity index is 931. The Labute approximate surface area is 201 Å². The van der Waals surface area contributed by atoms with Crippen LogP contribution in [0.25, 0.3) is 0 Å². The standard InChI is InChI=1S/C21H24F3N3O4.HI/c1-25-21(27-10-14-9-17(28-2)3-4-18(14)31-20(23)24)26-6-5-13-7-16(22)8-15-11-29-12-30-19(13)15;/h3-4,7-9,20H,5-6,10-12H2,1-2H3,(H2,25,26,27);1H. The molecule has 0 aliphatic carbocycles. The lowest BCUT2D eigenvalue weighted by molar-refractivity contribution is -0.0505. The highest BCUT2D eigenvalue weighted by Crippen LogP contribution is 2.29. The van der Waals surface area contributed by atoms with E-state index in [2.05, 4.69) is 20.4 Å². The molecule has 0 fully saturated rings. The largest absolute Gasteiger partial charge is 0.497 e. The maximum Gasteiger partial charge on any atom is 0.387 e. The van der Waals surface area contributed by atoms with Crippen molar-refractivity contribution in [1.29, 1.82) is 0 Å². The summed E-state index contributed by atoms with van der Waals surface area (Å²) in [6.45, 7) is -1.88. The van der Waals surface area contributed by atoms with Crippen LogP contribution in [0.5, 0.6) is 17.2 Å². The number of alkyl halides is 2. The van der Waals surface area contributed by atoms with Gasteiger partial charge in [0.25, 0.3) is 0 Å². The number of benzene rings is 2. The van der Waals surface area contributed by atoms with Gasteiger partial charge in [0.15, 0.2) is 12.8 Å². The minimum Gasteiger partial charge on any atom is -0.497 e. The number of guanidine groups is 1. The molecule has 0 saturated carbocycles. The van der Waals surface area contributed by atoms with Crippen molar-refractivity contribution in [2.24, 2.45) is 4.99 Å². The smallest absolute Gasteiger partial charge is 0.387 e. The maximum atomic E-state index is 13.9. The second kappa shape index (κ2) is 12.6. The normalized spacial score (nSPS) is 13.0. The van der Waals surface area contributed by atoms with Gasteiger partial charge in [-0.3, -0.25) is 4.99 Å². The van der Waals surface area contributed by atoms with E-state index in [0.29, 0.717) is 48.2 Å². The molecule has 0 unspecified atom stereocenters. The van der Waals surface area contributed by atoms with Crippen molar-refractivity contribution in [3.63, 3.8) is 0 Å². The third-order valence-corrected chi connectivity index (χ3v) is 4.59. The fourth-order valence-corrected chi connectivity index (χ4v) is 3.19. The van der Waals surface area contributed by atoms with Crippen LogP contribution in [-0.4, -0.2) is 40.1 Å². The van der Waals surface area contributed by atoms with E-state index in [4.69, 9.17) is 14.2 Å². The van der Waals surface area contributed by atoms with Gasteiger partial charge in [0.2, 0.25) is 0 Å². The summed E-state index contributed by atoms with van der Waals surface area (Å²) in [5, 5.41) is 6.16. The van der Waals surface area contributed by atoms with E-state index in [0.717, 1.165) is 5.56 Å². The molecule has 3 rings (SSSR count). The molecule has 0 radical (unpaired) electrons. The molecule has 0 atom stereocenters. The Balaban J connectivity index is 0.00000363. The van der Waals surface area contributed by atoms with Gasteiger partial charge in [0.05, 0.1) is 13.7 Å². The highest BCUT2D eigenvalue weighted by atomic mass is 127. The zero-order valence-corrected chi connectivity index (χ0v) is 20.0. The Morgan fingerprint density at radius 3 is 2.72 bits per heavy atom. The summed E-state index contributed by atoms with van der Waals surface area (Å²) in [6, 6.07) is 7.41. The number of fused-ring (bicyclic) bond motifs is 1. The molecule has 2 N–H and O–H groups in total. The van der Waals surface area contributed by atoms with Crippen molar-refractivity contribution in [2.45, 2.75) is 26.2 Å². The first-order valence-corrected chi connectivity index (χ1v) is 9.58. The lowest BCUT2D eigenvalue weighted by Gasteiger charge is -2.21. The Morgan fingerprint density at radius 1 is 1.19 bits per heavy atom. The summed E-state index contributed by atoms with van der Waals surface area (Å²) in [5.41, 5.74) is 1.88. The summed E-state index contributed by atoms with van der Waals surface area (Å²) >= 11 is 0. The van der Waals surface area contributed by atoms with Gasteiger partial charge >= 0.3 is 6.61 Å². The molecule has 1 aliphatic heterocycles. The van der Waals surface area contributed by atoms with Gasteiger partial charge in [-0.1, -0.05) is 0 Å². The molecule has 11 heteroatoms. The number of aliphatic imine (C=N–C) groups is 1. The summed E-state index contributed by atoms with van der Waals surface area (Å²) in [5.74, 6) is 1.29. The molecule has 0 aromatic heterocycles. The zero-order valence-electron chi connectivity index (χ0n) is 17.6. The van der Waals surface area contributed by atoms with Crippen LogP contribution in [0.15, 0.2) is 35.3 Å². The van der Waals surface area contributed by atoms with Gasteiger partial charge in [-0.15, -0.1) is 24.0 Å². The Hall–Kier alpha value is -2.41. The van der Waals surface area contributed by atoms with Gasteiger partial charge in [-0.05, 0) is 42.3 Å². The average molecular weight is 567 g/mol. The lowest BCUT2D eigenvalue weighted by Crippen LogP contribution is -2.38. The molecule has 0 bridgehead atoms. The molecule has 1 heterocycles. The number of hydrogen-bond acceptors (Lipinski definition) is 5. The number of halogens is 4. The molecule has 7 nitrogen and oxygen atoms in total. The van der Waals surface area contributed by atoms with Crippen LogP contribution in [-0.2, 0) is 24.3 Å². The number of methoxy groups -OCH3 is 1. The average Bonchev–Trinajstić information content (AvgIpc) is 2.76. The molecule has 0 spiro atoms. The van der Waals surface area contributed by atoms with Crippen molar-refractivity contribution in [2.75, 3.05) is 27.5 Å². The summed E-state index contributed by atoms with van der Waals surface area (Å²) < 4.78 is 59.6. The van der Waals surface area contributed by atoms with Crippen molar-refractivity contribution in [1.82, 2.24) is 10.6 Å². The number of nitrogens with one attached hydrogen (secondary N) is 2. The summed E-state index contributed by atoms with van der Waals surface area (Å²) in [7, 11) is 3.07. The molecular weight excluding hydrogens is 542 g/mol. The van der Waals surface area contributed by atoms with Gasteiger partial charge in [-0.2, -0.15) is 8.78 Å². The van der Waals surface area contributed by atoms with Crippen LogP contribution in [0, 0.1) is 5.82 Å². The van der Waals surface area contributed by atoms with E-state index in [-0.39, 0.29) is 48.9 Å². The molecule has 32 heavy (non-hydrogen) atoms. The molecule has 176 valence electrons. The van der Waals surface area contributed by atoms with Gasteiger partial charge in [-0.25, -0.2) is 4.39 Å². The number of ether oxygens (including phenoxy) is 4. The second-order valence-electron chi connectivity index (χ2n) is 6.62. The highest BCUT2D eigenvalue weighted by Gasteiger charge is 2.17. The van der Waals surface area contributed by atoms with Crippen molar-refractivity contribution >= 4 is 29.9 Å². The van der Waals surface area contributed by atoms with E-state index < -0.39 is 6.61 Å². The maximum absolute atomic E-state index is 13.9. The third-order valence-electron chi connectivity index (χ3n) is 4.59. The first kappa shape index (κ1) is 25.8. The van der Waals surface area contributed by atoms with E-state index in [1.165, 1.54) is 25.3 Å². The quantitative estimate of drug-likeness (QED) is 0.287. The number of hydrogen-bond donors (Lipinski definition) is 2. The van der Waals surface area contributed by atoms with E-state index >= 15 is 0 Å². The number of nitrogens with zero attached hydrogens (tertiary/aromatic N) is 1. The predicted octanol–water partition coefficient (Wildman–Crippen LogP) is 3.83. The molecule has 0 saturated heterocycles. The monoisotopic (exact) mass is 567 g/mol. The molecular formula is C21H25F3IN3O4. The fourth-order valence-electron chi connectivity index (χ4n) is 3.19. The highest BCUT2D eigenvalue weighted by molar-refractivity contribution is 14.0. The van der Waals surface area contributed by atoms with Gasteiger partial charge < -0.3 is 29.6 Å². The lowest BCUT2D eigenvalue weighted by atomic mass is 10.1. The van der Waals surface area contributed by atoms with E-state index in [1.807, 2.05) is 0 Å². The SMILES string of the molecule is CN=C(NCCc1cc(F)cc2c1OCOC2)NCc1cc(OC)ccc1OC(F)F.I. The van der Waals surface area contributed by atoms with E-state index in [1.54, 1.807) is 19.2 Å². The number of rotatable bonds is 8. The second-order valence-corrected chi connectivity index (χ2v) is 6.62. The zero-order chi connectivity index (χ0) is 22.2. The Morgan fingerprint density at radius 2 is 2.00 bits per heavy atom. The minimum absolute atomic E-state index is 0. The van der Waals surface area contributed by atoms with Crippen LogP contribution in [0.4, 0.5) is 13.2 Å². The minimum atomic E-state index is -2.94. The fraction of sp³-hybridized carbons (Fsp3) is 0.381. The third kappa shape index (κ3) is 7.05. The topological polar surface area (TPSA) is 73.3 Å². The first-order valence-electron chi connectivity index (χ1n) is 9.58. The van der Waals surface area contributed by atoms with Crippen molar-refractivity contribution in [3.05, 3.63) is 52.8 Å².